The third kappa shape index (κ3) is 5.68. The molecule has 37 heavy (non-hydrogen) atoms. The van der Waals surface area contributed by atoms with Gasteiger partial charge in [0.25, 0.3) is 0 Å². The molecule has 0 radical (unpaired) electrons. The van der Waals surface area contributed by atoms with Crippen LogP contribution >= 0.6 is 0 Å². The van der Waals surface area contributed by atoms with Gasteiger partial charge in [-0.05, 0) is 67.4 Å². The zero-order chi connectivity index (χ0) is 26.0. The topological polar surface area (TPSA) is 52.6 Å². The quantitative estimate of drug-likeness (QED) is 0.466. The Kier molecular flexibility index (Phi) is 6.99. The molecular formula is C27H27F4N5O. The van der Waals surface area contributed by atoms with Crippen molar-refractivity contribution in [3.63, 3.8) is 0 Å². The molecular weight excluding hydrogens is 486 g/mol. The molecule has 0 N–H and O–H groups in total. The SMILES string of the molecule is O=C(C1CCN(c2ccc(-c3ccc(F)cc3)nn2)CC1)N1CCN(c2cccc(C(F)(F)F)c2)CC1. The van der Waals surface area contributed by atoms with Crippen LogP contribution in [0.5, 0.6) is 0 Å². The maximum atomic E-state index is 13.1. The van der Waals surface area contributed by atoms with Crippen molar-refractivity contribution >= 4 is 17.4 Å². The Bertz CT molecular complexity index is 1220. The highest BCUT2D eigenvalue weighted by Gasteiger charge is 2.33. The fourth-order valence-electron chi connectivity index (χ4n) is 4.95. The summed E-state index contributed by atoms with van der Waals surface area (Å²) in [6, 6.07) is 15.2. The third-order valence-electron chi connectivity index (χ3n) is 7.09. The number of halogens is 4. The molecule has 0 saturated carbocycles. The molecule has 1 amide bonds. The lowest BCUT2D eigenvalue weighted by atomic mass is 9.95. The first-order chi connectivity index (χ1) is 17.8. The van der Waals surface area contributed by atoms with E-state index in [0.717, 1.165) is 17.4 Å². The van der Waals surface area contributed by atoms with Gasteiger partial charge in [-0.15, -0.1) is 10.2 Å². The molecule has 3 aromatic rings. The number of aromatic nitrogens is 2. The molecule has 0 spiro atoms. The number of nitrogens with zero attached hydrogens (tertiary/aromatic N) is 5. The number of hydrogen-bond donors (Lipinski definition) is 0. The lowest BCUT2D eigenvalue weighted by Crippen LogP contribution is -2.51. The van der Waals surface area contributed by atoms with E-state index in [1.807, 2.05) is 21.9 Å². The molecule has 10 heteroatoms. The van der Waals surface area contributed by atoms with Crippen LogP contribution < -0.4 is 9.80 Å². The van der Waals surface area contributed by atoms with Gasteiger partial charge in [0.15, 0.2) is 5.82 Å². The van der Waals surface area contributed by atoms with E-state index in [2.05, 4.69) is 15.1 Å². The van der Waals surface area contributed by atoms with E-state index in [0.29, 0.717) is 63.5 Å². The highest BCUT2D eigenvalue weighted by molar-refractivity contribution is 5.79. The highest BCUT2D eigenvalue weighted by atomic mass is 19.4. The smallest absolute Gasteiger partial charge is 0.368 e. The molecule has 2 aromatic carbocycles. The summed E-state index contributed by atoms with van der Waals surface area (Å²) in [6.45, 7) is 3.36. The Morgan fingerprint density at radius 3 is 2.14 bits per heavy atom. The number of amides is 1. The molecule has 5 rings (SSSR count). The molecule has 3 heterocycles. The molecule has 0 aliphatic carbocycles. The minimum Gasteiger partial charge on any atom is -0.368 e. The number of carbonyl (C=O) groups is 1. The summed E-state index contributed by atoms with van der Waals surface area (Å²) in [6.07, 6.45) is -2.97. The van der Waals surface area contributed by atoms with Gasteiger partial charge >= 0.3 is 6.18 Å². The summed E-state index contributed by atoms with van der Waals surface area (Å²) in [7, 11) is 0. The zero-order valence-corrected chi connectivity index (χ0v) is 20.2. The number of alkyl halides is 3. The van der Waals surface area contributed by atoms with Gasteiger partial charge in [-0.2, -0.15) is 13.2 Å². The molecule has 6 nitrogen and oxygen atoms in total. The van der Waals surface area contributed by atoms with E-state index in [4.69, 9.17) is 0 Å². The maximum Gasteiger partial charge on any atom is 0.416 e. The van der Waals surface area contributed by atoms with E-state index in [1.165, 1.54) is 24.3 Å². The second-order valence-electron chi connectivity index (χ2n) is 9.41. The van der Waals surface area contributed by atoms with E-state index < -0.39 is 11.7 Å². The lowest BCUT2D eigenvalue weighted by Gasteiger charge is -2.39. The molecule has 0 unspecified atom stereocenters. The van der Waals surface area contributed by atoms with Crippen molar-refractivity contribution < 1.29 is 22.4 Å². The van der Waals surface area contributed by atoms with E-state index in [1.54, 1.807) is 18.2 Å². The first kappa shape index (κ1) is 25.0. The summed E-state index contributed by atoms with van der Waals surface area (Å²) in [5.74, 6) is 0.471. The van der Waals surface area contributed by atoms with Gasteiger partial charge in [-0.3, -0.25) is 4.79 Å². The molecule has 0 bridgehead atoms. The molecule has 2 aliphatic heterocycles. The Balaban J connectivity index is 1.12. The Labute approximate surface area is 212 Å². The summed E-state index contributed by atoms with van der Waals surface area (Å²) < 4.78 is 52.3. The van der Waals surface area contributed by atoms with Gasteiger partial charge < -0.3 is 14.7 Å². The van der Waals surface area contributed by atoms with Crippen molar-refractivity contribution in [1.29, 1.82) is 0 Å². The molecule has 2 aliphatic rings. The molecule has 1 aromatic heterocycles. The van der Waals surface area contributed by atoms with E-state index in [9.17, 15) is 22.4 Å². The normalized spacial score (nSPS) is 17.2. The Hall–Kier alpha value is -3.69. The zero-order valence-electron chi connectivity index (χ0n) is 20.2. The van der Waals surface area contributed by atoms with Gasteiger partial charge in [-0.1, -0.05) is 6.07 Å². The first-order valence-electron chi connectivity index (χ1n) is 12.3. The minimum absolute atomic E-state index is 0.0807. The predicted molar refractivity (Wildman–Crippen MR) is 133 cm³/mol. The van der Waals surface area contributed by atoms with Crippen molar-refractivity contribution in [2.75, 3.05) is 49.1 Å². The number of carbonyl (C=O) groups excluding carboxylic acids is 1. The second-order valence-corrected chi connectivity index (χ2v) is 9.41. The maximum absolute atomic E-state index is 13.1. The first-order valence-corrected chi connectivity index (χ1v) is 12.3. The number of rotatable bonds is 4. The molecule has 194 valence electrons. The van der Waals surface area contributed by atoms with E-state index >= 15 is 0 Å². The number of hydrogen-bond acceptors (Lipinski definition) is 5. The minimum atomic E-state index is -4.38. The summed E-state index contributed by atoms with van der Waals surface area (Å²) >= 11 is 0. The number of benzene rings is 2. The average Bonchev–Trinajstić information content (AvgIpc) is 2.93. The van der Waals surface area contributed by atoms with Crippen LogP contribution in [0.15, 0.2) is 60.7 Å². The number of anilines is 2. The Morgan fingerprint density at radius 1 is 0.811 bits per heavy atom. The largest absolute Gasteiger partial charge is 0.416 e. The third-order valence-corrected chi connectivity index (χ3v) is 7.09. The van der Waals surface area contributed by atoms with Crippen molar-refractivity contribution in [3.8, 4) is 11.3 Å². The van der Waals surface area contributed by atoms with Crippen LogP contribution in [0, 0.1) is 11.7 Å². The van der Waals surface area contributed by atoms with E-state index in [-0.39, 0.29) is 17.6 Å². The summed E-state index contributed by atoms with van der Waals surface area (Å²) in [5, 5.41) is 8.61. The molecule has 2 saturated heterocycles. The predicted octanol–water partition coefficient (Wildman–Crippen LogP) is 4.87. The fourth-order valence-corrected chi connectivity index (χ4v) is 4.95. The van der Waals surface area contributed by atoms with Crippen LogP contribution in [0.3, 0.4) is 0 Å². The monoisotopic (exact) mass is 513 g/mol. The molecule has 0 atom stereocenters. The fraction of sp³-hybridized carbons (Fsp3) is 0.370. The summed E-state index contributed by atoms with van der Waals surface area (Å²) in [5.41, 5.74) is 1.32. The van der Waals surface area contributed by atoms with Crippen molar-refractivity contribution in [2.45, 2.75) is 19.0 Å². The van der Waals surface area contributed by atoms with Crippen LogP contribution in [0.25, 0.3) is 11.3 Å². The van der Waals surface area contributed by atoms with Gasteiger partial charge in [0.1, 0.15) is 5.82 Å². The number of piperazine rings is 1. The Morgan fingerprint density at radius 2 is 1.51 bits per heavy atom. The van der Waals surface area contributed by atoms with Crippen LogP contribution in [0.1, 0.15) is 18.4 Å². The standard InChI is InChI=1S/C27H27F4N5O/c28-22-6-4-19(5-7-22)24-8-9-25(33-32-24)35-12-10-20(11-13-35)26(37)36-16-14-34(15-17-36)23-3-1-2-21(18-23)27(29,30)31/h1-9,18,20H,10-17H2. The lowest BCUT2D eigenvalue weighted by molar-refractivity contribution is -0.137. The van der Waals surface area contributed by atoms with Crippen molar-refractivity contribution in [1.82, 2.24) is 15.1 Å². The molecule has 2 fully saturated rings. The van der Waals surface area contributed by atoms with Crippen molar-refractivity contribution in [3.05, 3.63) is 72.0 Å². The highest BCUT2D eigenvalue weighted by Crippen LogP contribution is 2.32. The average molecular weight is 514 g/mol. The van der Waals surface area contributed by atoms with Gasteiger partial charge in [0, 0.05) is 56.4 Å². The van der Waals surface area contributed by atoms with Crippen LogP contribution in [0.2, 0.25) is 0 Å². The number of piperidine rings is 1. The van der Waals surface area contributed by atoms with Crippen LogP contribution in [-0.2, 0) is 11.0 Å². The van der Waals surface area contributed by atoms with Crippen LogP contribution in [0.4, 0.5) is 29.1 Å². The van der Waals surface area contributed by atoms with Gasteiger partial charge in [0.2, 0.25) is 5.91 Å². The van der Waals surface area contributed by atoms with Crippen molar-refractivity contribution in [2.24, 2.45) is 5.92 Å². The van der Waals surface area contributed by atoms with Crippen LogP contribution in [-0.4, -0.2) is 60.3 Å². The summed E-state index contributed by atoms with van der Waals surface area (Å²) in [4.78, 5) is 19.0. The van der Waals surface area contributed by atoms with Gasteiger partial charge in [-0.25, -0.2) is 4.39 Å². The van der Waals surface area contributed by atoms with Gasteiger partial charge in [0.05, 0.1) is 11.3 Å². The second kappa shape index (κ2) is 10.4.